The van der Waals surface area contributed by atoms with E-state index in [-0.39, 0.29) is 5.92 Å². The summed E-state index contributed by atoms with van der Waals surface area (Å²) in [4.78, 5) is 21.7. The van der Waals surface area contributed by atoms with Gasteiger partial charge in [0.15, 0.2) is 0 Å². The molecule has 14 heavy (non-hydrogen) atoms. The zero-order valence-electron chi connectivity index (χ0n) is 8.78. The van der Waals surface area contributed by atoms with Crippen LogP contribution in [0.4, 0.5) is 0 Å². The van der Waals surface area contributed by atoms with Gasteiger partial charge in [-0.1, -0.05) is 13.8 Å². The Kier molecular flexibility index (Phi) is 6.45. The lowest BCUT2D eigenvalue weighted by Crippen LogP contribution is -2.08. The minimum Gasteiger partial charge on any atom is -0.463 e. The van der Waals surface area contributed by atoms with Crippen molar-refractivity contribution in [2.75, 3.05) is 13.2 Å². The summed E-state index contributed by atoms with van der Waals surface area (Å²) in [5, 5.41) is 0. The highest BCUT2D eigenvalue weighted by atomic mass is 16.5. The number of esters is 2. The largest absolute Gasteiger partial charge is 0.463 e. The van der Waals surface area contributed by atoms with Gasteiger partial charge < -0.3 is 9.47 Å². The van der Waals surface area contributed by atoms with E-state index in [2.05, 4.69) is 4.74 Å². The summed E-state index contributed by atoms with van der Waals surface area (Å²) >= 11 is 0. The number of hydrogen-bond donors (Lipinski definition) is 0. The second kappa shape index (κ2) is 7.12. The molecule has 0 aliphatic carbocycles. The van der Waals surface area contributed by atoms with E-state index >= 15 is 0 Å². The lowest BCUT2D eigenvalue weighted by Gasteiger charge is -2.03. The molecule has 0 fully saturated rings. The maximum absolute atomic E-state index is 10.9. The maximum atomic E-state index is 10.9. The number of ether oxygens (including phenoxy) is 2. The fourth-order valence-corrected chi connectivity index (χ4v) is 0.623. The predicted octanol–water partition coefficient (Wildman–Crippen LogP) is 1.30. The van der Waals surface area contributed by atoms with Crippen LogP contribution in [0.1, 0.15) is 20.8 Å². The molecule has 4 nitrogen and oxygen atoms in total. The van der Waals surface area contributed by atoms with Crippen LogP contribution in [0.3, 0.4) is 0 Å². The van der Waals surface area contributed by atoms with Gasteiger partial charge in [-0.15, -0.1) is 0 Å². The third kappa shape index (κ3) is 7.34. The van der Waals surface area contributed by atoms with Crippen molar-refractivity contribution in [1.82, 2.24) is 0 Å². The van der Waals surface area contributed by atoms with Gasteiger partial charge in [-0.05, 0) is 12.8 Å². The molecule has 0 heterocycles. The molecule has 0 saturated carbocycles. The van der Waals surface area contributed by atoms with Crippen LogP contribution in [0.15, 0.2) is 12.2 Å². The summed E-state index contributed by atoms with van der Waals surface area (Å²) in [5.74, 6) is -0.768. The van der Waals surface area contributed by atoms with E-state index in [0.717, 1.165) is 12.2 Å². The van der Waals surface area contributed by atoms with Crippen LogP contribution in [0.25, 0.3) is 0 Å². The van der Waals surface area contributed by atoms with Crippen LogP contribution in [0, 0.1) is 5.92 Å². The number of hydrogen-bond acceptors (Lipinski definition) is 4. The van der Waals surface area contributed by atoms with Crippen LogP contribution in [-0.4, -0.2) is 25.2 Å². The van der Waals surface area contributed by atoms with Crippen molar-refractivity contribution in [1.29, 1.82) is 0 Å². The molecule has 0 aromatic carbocycles. The first-order valence-corrected chi connectivity index (χ1v) is 4.57. The first-order valence-electron chi connectivity index (χ1n) is 4.57. The highest BCUT2D eigenvalue weighted by molar-refractivity contribution is 5.91. The van der Waals surface area contributed by atoms with Crippen molar-refractivity contribution in [3.63, 3.8) is 0 Å². The van der Waals surface area contributed by atoms with Crippen LogP contribution in [0.2, 0.25) is 0 Å². The number of carbonyl (C=O) groups excluding carboxylic acids is 2. The average molecular weight is 200 g/mol. The van der Waals surface area contributed by atoms with Gasteiger partial charge in [0.1, 0.15) is 0 Å². The fraction of sp³-hybridized carbons (Fsp3) is 0.600. The van der Waals surface area contributed by atoms with E-state index in [4.69, 9.17) is 4.74 Å². The monoisotopic (exact) mass is 200 g/mol. The quantitative estimate of drug-likeness (QED) is 0.496. The number of rotatable bonds is 5. The van der Waals surface area contributed by atoms with Crippen molar-refractivity contribution in [2.24, 2.45) is 5.92 Å². The molecule has 0 aliphatic rings. The molecule has 0 amide bonds. The zero-order chi connectivity index (χ0) is 11.0. The topological polar surface area (TPSA) is 52.6 Å². The summed E-state index contributed by atoms with van der Waals surface area (Å²) in [6, 6.07) is 0. The minimum atomic E-state index is -0.533. The van der Waals surface area contributed by atoms with Gasteiger partial charge >= 0.3 is 11.9 Å². The molecule has 0 aromatic rings. The molecule has 0 atom stereocenters. The van der Waals surface area contributed by atoms with Crippen molar-refractivity contribution >= 4 is 11.9 Å². The molecular formula is C10H16O4. The van der Waals surface area contributed by atoms with Crippen molar-refractivity contribution in [3.8, 4) is 0 Å². The van der Waals surface area contributed by atoms with E-state index in [1.54, 1.807) is 6.92 Å². The lowest BCUT2D eigenvalue weighted by molar-refractivity contribution is -0.140. The van der Waals surface area contributed by atoms with E-state index in [9.17, 15) is 9.59 Å². The standard InChI is InChI=1S/C10H16O4/c1-4-13-9(11)5-6-10(12)14-7-8(2)3/h5-6,8H,4,7H2,1-3H3/b6-5-. The Hall–Kier alpha value is -1.32. The van der Waals surface area contributed by atoms with Gasteiger partial charge in [0.25, 0.3) is 0 Å². The van der Waals surface area contributed by atoms with Gasteiger partial charge in [0, 0.05) is 12.2 Å². The number of carbonyl (C=O) groups is 2. The van der Waals surface area contributed by atoms with E-state index in [1.165, 1.54) is 0 Å². The maximum Gasteiger partial charge on any atom is 0.331 e. The highest BCUT2D eigenvalue weighted by Crippen LogP contribution is 1.93. The highest BCUT2D eigenvalue weighted by Gasteiger charge is 2.01. The Morgan fingerprint density at radius 2 is 1.64 bits per heavy atom. The van der Waals surface area contributed by atoms with Gasteiger partial charge in [-0.3, -0.25) is 0 Å². The Labute approximate surface area is 83.9 Å². The minimum absolute atomic E-state index is 0.287. The summed E-state index contributed by atoms with van der Waals surface area (Å²) in [5.41, 5.74) is 0. The fourth-order valence-electron chi connectivity index (χ4n) is 0.623. The Morgan fingerprint density at radius 3 is 2.07 bits per heavy atom. The second-order valence-electron chi connectivity index (χ2n) is 3.11. The molecule has 80 valence electrons. The third-order valence-corrected chi connectivity index (χ3v) is 1.20. The van der Waals surface area contributed by atoms with E-state index in [0.29, 0.717) is 13.2 Å². The smallest absolute Gasteiger partial charge is 0.331 e. The zero-order valence-corrected chi connectivity index (χ0v) is 8.78. The normalized spacial score (nSPS) is 10.6. The molecule has 0 rings (SSSR count). The van der Waals surface area contributed by atoms with Crippen LogP contribution in [0.5, 0.6) is 0 Å². The molecule has 0 bridgehead atoms. The van der Waals surface area contributed by atoms with Gasteiger partial charge in [-0.25, -0.2) is 9.59 Å². The molecule has 0 saturated heterocycles. The lowest BCUT2D eigenvalue weighted by atomic mass is 10.2. The molecule has 0 spiro atoms. The van der Waals surface area contributed by atoms with Gasteiger partial charge in [0.2, 0.25) is 0 Å². The Balaban J connectivity index is 3.76. The Bertz CT molecular complexity index is 218. The summed E-state index contributed by atoms with van der Waals surface area (Å²) in [6.07, 6.45) is 2.13. The summed E-state index contributed by atoms with van der Waals surface area (Å²) in [7, 11) is 0. The average Bonchev–Trinajstić information content (AvgIpc) is 2.12. The van der Waals surface area contributed by atoms with Crippen LogP contribution in [-0.2, 0) is 19.1 Å². The van der Waals surface area contributed by atoms with Gasteiger partial charge in [0.05, 0.1) is 13.2 Å². The SMILES string of the molecule is CCOC(=O)/C=C\C(=O)OCC(C)C. The molecule has 0 aromatic heterocycles. The molecule has 4 heteroatoms. The summed E-state index contributed by atoms with van der Waals surface area (Å²) in [6.45, 7) is 6.21. The molecule has 0 radical (unpaired) electrons. The van der Waals surface area contributed by atoms with E-state index in [1.807, 2.05) is 13.8 Å². The molecule has 0 N–H and O–H groups in total. The molecular weight excluding hydrogens is 184 g/mol. The van der Waals surface area contributed by atoms with E-state index < -0.39 is 11.9 Å². The molecule has 0 unspecified atom stereocenters. The summed E-state index contributed by atoms with van der Waals surface area (Å²) < 4.78 is 9.38. The Morgan fingerprint density at radius 1 is 1.14 bits per heavy atom. The first-order chi connectivity index (χ1) is 6.56. The first kappa shape index (κ1) is 12.7. The van der Waals surface area contributed by atoms with Gasteiger partial charge in [-0.2, -0.15) is 0 Å². The van der Waals surface area contributed by atoms with Crippen molar-refractivity contribution in [3.05, 3.63) is 12.2 Å². The van der Waals surface area contributed by atoms with Crippen molar-refractivity contribution in [2.45, 2.75) is 20.8 Å². The predicted molar refractivity (Wildman–Crippen MR) is 51.6 cm³/mol. The molecule has 0 aliphatic heterocycles. The van der Waals surface area contributed by atoms with Crippen LogP contribution < -0.4 is 0 Å². The van der Waals surface area contributed by atoms with Crippen LogP contribution >= 0.6 is 0 Å². The second-order valence-corrected chi connectivity index (χ2v) is 3.11. The third-order valence-electron chi connectivity index (χ3n) is 1.20. The van der Waals surface area contributed by atoms with Crippen molar-refractivity contribution < 1.29 is 19.1 Å².